The first-order valence-corrected chi connectivity index (χ1v) is 12.4. The number of fused-ring (bicyclic) bond motifs is 1. The average Bonchev–Trinajstić information content (AvgIpc) is 2.93. The summed E-state index contributed by atoms with van der Waals surface area (Å²) in [4.78, 5) is 29.8. The first-order chi connectivity index (χ1) is 17.7. The number of carbonyl (C=O) groups is 2. The molecule has 0 atom stereocenters. The smallest absolute Gasteiger partial charge is 0.265 e. The van der Waals surface area contributed by atoms with Crippen LogP contribution in [0.15, 0.2) is 78.9 Å². The van der Waals surface area contributed by atoms with E-state index in [9.17, 15) is 9.59 Å². The van der Waals surface area contributed by atoms with E-state index in [0.717, 1.165) is 49.7 Å². The molecule has 7 nitrogen and oxygen atoms in total. The molecule has 186 valence electrons. The van der Waals surface area contributed by atoms with Gasteiger partial charge in [-0.3, -0.25) is 14.5 Å². The summed E-state index contributed by atoms with van der Waals surface area (Å²) in [7, 11) is 0. The van der Waals surface area contributed by atoms with Crippen LogP contribution in [0.1, 0.15) is 23.5 Å². The zero-order valence-electron chi connectivity index (χ0n) is 20.3. The molecule has 0 aliphatic carbocycles. The fourth-order valence-corrected chi connectivity index (χ4v) is 4.79. The number of amides is 2. The Morgan fingerprint density at radius 2 is 1.56 bits per heavy atom. The summed E-state index contributed by atoms with van der Waals surface area (Å²) in [5.41, 5.74) is 3.59. The fraction of sp³-hybridized carbons (Fsp3) is 0.310. The van der Waals surface area contributed by atoms with E-state index in [2.05, 4.69) is 34.5 Å². The lowest BCUT2D eigenvalue weighted by Gasteiger charge is -2.33. The molecule has 2 amide bonds. The van der Waals surface area contributed by atoms with Crippen molar-refractivity contribution in [3.8, 4) is 5.75 Å². The SMILES string of the molecule is O=C(CC(c1ccccc1)c1ccccc1)Nc1ccc2c(c1)OCC(=O)N2CCN1CCOCC1. The molecule has 0 bridgehead atoms. The van der Waals surface area contributed by atoms with Crippen LogP contribution < -0.4 is 15.0 Å². The number of hydrogen-bond acceptors (Lipinski definition) is 5. The van der Waals surface area contributed by atoms with Crippen molar-refractivity contribution in [2.75, 3.05) is 56.2 Å². The normalized spacial score (nSPS) is 15.9. The molecule has 36 heavy (non-hydrogen) atoms. The maximum absolute atomic E-state index is 13.1. The molecule has 1 saturated heterocycles. The maximum atomic E-state index is 13.1. The minimum Gasteiger partial charge on any atom is -0.481 e. The molecule has 0 saturated carbocycles. The van der Waals surface area contributed by atoms with Crippen molar-refractivity contribution in [1.29, 1.82) is 0 Å². The molecule has 3 aromatic carbocycles. The summed E-state index contributed by atoms with van der Waals surface area (Å²) in [5, 5.41) is 3.03. The van der Waals surface area contributed by atoms with E-state index in [1.165, 1.54) is 0 Å². The van der Waals surface area contributed by atoms with Crippen LogP contribution in [0.5, 0.6) is 5.75 Å². The van der Waals surface area contributed by atoms with Gasteiger partial charge in [-0.2, -0.15) is 0 Å². The second-order valence-electron chi connectivity index (χ2n) is 9.10. The molecule has 5 rings (SSSR count). The zero-order chi connectivity index (χ0) is 24.7. The summed E-state index contributed by atoms with van der Waals surface area (Å²) in [5.74, 6) is 0.427. The molecule has 3 aromatic rings. The van der Waals surface area contributed by atoms with Crippen molar-refractivity contribution in [2.45, 2.75) is 12.3 Å². The molecule has 1 fully saturated rings. The van der Waals surface area contributed by atoms with Gasteiger partial charge in [0, 0.05) is 50.3 Å². The van der Waals surface area contributed by atoms with E-state index in [1.807, 2.05) is 48.5 Å². The highest BCUT2D eigenvalue weighted by atomic mass is 16.5. The first-order valence-electron chi connectivity index (χ1n) is 12.4. The van der Waals surface area contributed by atoms with Crippen LogP contribution in [0.2, 0.25) is 0 Å². The highest BCUT2D eigenvalue weighted by Crippen LogP contribution is 2.35. The predicted molar refractivity (Wildman–Crippen MR) is 140 cm³/mol. The van der Waals surface area contributed by atoms with Crippen LogP contribution in [0.4, 0.5) is 11.4 Å². The zero-order valence-corrected chi connectivity index (χ0v) is 20.3. The molecular formula is C29H31N3O4. The highest BCUT2D eigenvalue weighted by molar-refractivity contribution is 5.99. The number of carbonyl (C=O) groups excluding carboxylic acids is 2. The van der Waals surface area contributed by atoms with Gasteiger partial charge in [0.25, 0.3) is 5.91 Å². The van der Waals surface area contributed by atoms with Crippen LogP contribution in [0, 0.1) is 0 Å². The Hall–Kier alpha value is -3.68. The molecule has 7 heteroatoms. The van der Waals surface area contributed by atoms with Crippen molar-refractivity contribution in [3.05, 3.63) is 90.0 Å². The summed E-state index contributed by atoms with van der Waals surface area (Å²) in [6.07, 6.45) is 0.316. The van der Waals surface area contributed by atoms with Crippen LogP contribution in [-0.4, -0.2) is 62.7 Å². The quantitative estimate of drug-likeness (QED) is 0.524. The molecule has 2 aliphatic heterocycles. The second kappa shape index (κ2) is 11.4. The number of nitrogens with zero attached hydrogens (tertiary/aromatic N) is 2. The van der Waals surface area contributed by atoms with E-state index < -0.39 is 0 Å². The van der Waals surface area contributed by atoms with Gasteiger partial charge in [-0.05, 0) is 23.3 Å². The number of nitrogens with one attached hydrogen (secondary N) is 1. The minimum atomic E-state index is -0.0799. The third-order valence-electron chi connectivity index (χ3n) is 6.72. The van der Waals surface area contributed by atoms with Gasteiger partial charge in [0.05, 0.1) is 18.9 Å². The Kier molecular flexibility index (Phi) is 7.59. The summed E-state index contributed by atoms with van der Waals surface area (Å²) >= 11 is 0. The third kappa shape index (κ3) is 5.75. The summed E-state index contributed by atoms with van der Waals surface area (Å²) < 4.78 is 11.1. The number of morpholine rings is 1. The first kappa shape index (κ1) is 24.0. The lowest BCUT2D eigenvalue weighted by molar-refractivity contribution is -0.121. The van der Waals surface area contributed by atoms with Gasteiger partial charge in [-0.25, -0.2) is 0 Å². The molecule has 0 radical (unpaired) electrons. The van der Waals surface area contributed by atoms with E-state index >= 15 is 0 Å². The topological polar surface area (TPSA) is 71.1 Å². The Morgan fingerprint density at radius 1 is 0.889 bits per heavy atom. The standard InChI is InChI=1S/C29H31N3O4/c33-28(20-25(22-7-3-1-4-8-22)23-9-5-2-6-10-23)30-24-11-12-26-27(19-24)36-21-29(34)32(26)14-13-31-15-17-35-18-16-31/h1-12,19,25H,13-18,20-21H2,(H,30,33). The minimum absolute atomic E-state index is 0.00238. The molecule has 0 aromatic heterocycles. The van der Waals surface area contributed by atoms with Crippen molar-refractivity contribution in [1.82, 2.24) is 4.90 Å². The molecule has 1 N–H and O–H groups in total. The van der Waals surface area contributed by atoms with Crippen molar-refractivity contribution in [2.24, 2.45) is 0 Å². The van der Waals surface area contributed by atoms with Crippen LogP contribution >= 0.6 is 0 Å². The van der Waals surface area contributed by atoms with Crippen LogP contribution in [0.25, 0.3) is 0 Å². The van der Waals surface area contributed by atoms with Crippen molar-refractivity contribution < 1.29 is 19.1 Å². The van der Waals surface area contributed by atoms with Crippen LogP contribution in [-0.2, 0) is 14.3 Å². The molecule has 0 spiro atoms. The molecule has 0 unspecified atom stereocenters. The molecular weight excluding hydrogens is 454 g/mol. The lowest BCUT2D eigenvalue weighted by Crippen LogP contribution is -2.45. The molecule has 2 heterocycles. The predicted octanol–water partition coefficient (Wildman–Crippen LogP) is 3.90. The number of hydrogen-bond donors (Lipinski definition) is 1. The fourth-order valence-electron chi connectivity index (χ4n) is 4.79. The van der Waals surface area contributed by atoms with Gasteiger partial charge in [0.1, 0.15) is 5.75 Å². The number of rotatable bonds is 8. The van der Waals surface area contributed by atoms with E-state index in [-0.39, 0.29) is 24.3 Å². The Labute approximate surface area is 211 Å². The van der Waals surface area contributed by atoms with Crippen molar-refractivity contribution in [3.63, 3.8) is 0 Å². The second-order valence-corrected chi connectivity index (χ2v) is 9.10. The Balaban J connectivity index is 1.27. The van der Waals surface area contributed by atoms with E-state index in [0.29, 0.717) is 24.4 Å². The van der Waals surface area contributed by atoms with Crippen molar-refractivity contribution >= 4 is 23.2 Å². The van der Waals surface area contributed by atoms with Gasteiger partial charge in [0.2, 0.25) is 5.91 Å². The average molecular weight is 486 g/mol. The highest BCUT2D eigenvalue weighted by Gasteiger charge is 2.27. The van der Waals surface area contributed by atoms with Crippen LogP contribution in [0.3, 0.4) is 0 Å². The van der Waals surface area contributed by atoms with E-state index in [4.69, 9.17) is 9.47 Å². The van der Waals surface area contributed by atoms with E-state index in [1.54, 1.807) is 11.0 Å². The number of anilines is 2. The van der Waals surface area contributed by atoms with Gasteiger partial charge < -0.3 is 19.7 Å². The Morgan fingerprint density at radius 3 is 2.22 bits per heavy atom. The largest absolute Gasteiger partial charge is 0.481 e. The summed E-state index contributed by atoms with van der Waals surface area (Å²) in [6.45, 7) is 4.59. The molecule has 2 aliphatic rings. The summed E-state index contributed by atoms with van der Waals surface area (Å²) in [6, 6.07) is 25.7. The Bertz CT molecular complexity index is 1140. The maximum Gasteiger partial charge on any atom is 0.265 e. The monoisotopic (exact) mass is 485 g/mol. The number of benzene rings is 3. The van der Waals surface area contributed by atoms with Gasteiger partial charge in [-0.15, -0.1) is 0 Å². The van der Waals surface area contributed by atoms with Gasteiger partial charge in [0.15, 0.2) is 6.61 Å². The third-order valence-corrected chi connectivity index (χ3v) is 6.72. The number of ether oxygens (including phenoxy) is 2. The van der Waals surface area contributed by atoms with Gasteiger partial charge >= 0.3 is 0 Å². The van der Waals surface area contributed by atoms with Gasteiger partial charge in [-0.1, -0.05) is 60.7 Å². The lowest BCUT2D eigenvalue weighted by atomic mass is 9.88.